The maximum Gasteiger partial charge on any atom is 0.217 e. The molecule has 0 aliphatic heterocycles. The number of nitrogen functional groups attached to an aromatic ring is 1. The number of nitrogens with zero attached hydrogens (tertiary/aromatic N) is 1. The molecule has 0 saturated heterocycles. The molecule has 0 aliphatic rings. The predicted octanol–water partition coefficient (Wildman–Crippen LogP) is 1.70. The van der Waals surface area contributed by atoms with E-state index < -0.39 is 10.0 Å². The van der Waals surface area contributed by atoms with E-state index >= 15 is 0 Å². The molecular formula is C14H18N2O4S. The molecule has 1 heterocycles. The Labute approximate surface area is 124 Å². The second-order valence-electron chi connectivity index (χ2n) is 4.57. The van der Waals surface area contributed by atoms with E-state index in [1.165, 1.54) is 17.6 Å². The van der Waals surface area contributed by atoms with E-state index in [1.54, 1.807) is 36.4 Å². The monoisotopic (exact) mass is 310 g/mol. The maximum absolute atomic E-state index is 12.1. The van der Waals surface area contributed by atoms with Crippen LogP contribution in [0.2, 0.25) is 0 Å². The molecule has 2 aromatic rings. The SMILES string of the molecule is CN(Cc1ccco1)S(=O)(=O)CCOc1ccc(N)cc1. The molecule has 0 radical (unpaired) electrons. The first-order chi connectivity index (χ1) is 9.97. The molecule has 1 aromatic heterocycles. The zero-order valence-corrected chi connectivity index (χ0v) is 12.5. The van der Waals surface area contributed by atoms with Crippen LogP contribution in [0.25, 0.3) is 0 Å². The van der Waals surface area contributed by atoms with Crippen molar-refractivity contribution in [3.63, 3.8) is 0 Å². The number of benzene rings is 1. The Balaban J connectivity index is 1.84. The van der Waals surface area contributed by atoms with E-state index in [4.69, 9.17) is 14.9 Å². The van der Waals surface area contributed by atoms with E-state index in [-0.39, 0.29) is 18.9 Å². The van der Waals surface area contributed by atoms with Gasteiger partial charge >= 0.3 is 0 Å². The van der Waals surface area contributed by atoms with Crippen molar-refractivity contribution in [3.8, 4) is 5.75 Å². The van der Waals surface area contributed by atoms with Crippen molar-refractivity contribution in [1.82, 2.24) is 4.31 Å². The van der Waals surface area contributed by atoms with Gasteiger partial charge in [-0.05, 0) is 36.4 Å². The summed E-state index contributed by atoms with van der Waals surface area (Å²) >= 11 is 0. The summed E-state index contributed by atoms with van der Waals surface area (Å²) in [6, 6.07) is 10.3. The average molecular weight is 310 g/mol. The molecule has 7 heteroatoms. The number of furan rings is 1. The minimum Gasteiger partial charge on any atom is -0.492 e. The molecule has 0 fully saturated rings. The highest BCUT2D eigenvalue weighted by molar-refractivity contribution is 7.89. The van der Waals surface area contributed by atoms with Crippen molar-refractivity contribution < 1.29 is 17.6 Å². The van der Waals surface area contributed by atoms with Gasteiger partial charge < -0.3 is 14.9 Å². The van der Waals surface area contributed by atoms with Crippen LogP contribution in [0.15, 0.2) is 47.1 Å². The molecule has 0 saturated carbocycles. The lowest BCUT2D eigenvalue weighted by atomic mass is 10.3. The van der Waals surface area contributed by atoms with Gasteiger partial charge in [-0.15, -0.1) is 0 Å². The molecule has 21 heavy (non-hydrogen) atoms. The van der Waals surface area contributed by atoms with Crippen LogP contribution < -0.4 is 10.5 Å². The molecule has 0 unspecified atom stereocenters. The third-order valence-electron chi connectivity index (χ3n) is 2.92. The van der Waals surface area contributed by atoms with Gasteiger partial charge in [0.05, 0.1) is 18.6 Å². The minimum absolute atomic E-state index is 0.0781. The predicted molar refractivity (Wildman–Crippen MR) is 80.3 cm³/mol. The van der Waals surface area contributed by atoms with Gasteiger partial charge in [0.2, 0.25) is 10.0 Å². The summed E-state index contributed by atoms with van der Waals surface area (Å²) < 4.78 is 36.0. The number of nitrogens with two attached hydrogens (primary N) is 1. The van der Waals surface area contributed by atoms with Gasteiger partial charge in [0.1, 0.15) is 18.1 Å². The quantitative estimate of drug-likeness (QED) is 0.787. The molecule has 2 N–H and O–H groups in total. The average Bonchev–Trinajstić information content (AvgIpc) is 2.94. The summed E-state index contributed by atoms with van der Waals surface area (Å²) in [7, 11) is -1.88. The number of rotatable bonds is 7. The lowest BCUT2D eigenvalue weighted by molar-refractivity contribution is 0.334. The van der Waals surface area contributed by atoms with Crippen LogP contribution in [0.5, 0.6) is 5.75 Å². The van der Waals surface area contributed by atoms with Crippen molar-refractivity contribution in [2.24, 2.45) is 0 Å². The summed E-state index contributed by atoms with van der Waals surface area (Å²) in [5.41, 5.74) is 6.19. The van der Waals surface area contributed by atoms with Crippen LogP contribution in [-0.2, 0) is 16.6 Å². The molecular weight excluding hydrogens is 292 g/mol. The van der Waals surface area contributed by atoms with Crippen LogP contribution in [0.3, 0.4) is 0 Å². The molecule has 0 spiro atoms. The summed E-state index contributed by atoms with van der Waals surface area (Å²) in [6.07, 6.45) is 1.51. The summed E-state index contributed by atoms with van der Waals surface area (Å²) in [6.45, 7) is 0.284. The van der Waals surface area contributed by atoms with Crippen LogP contribution in [0.4, 0.5) is 5.69 Å². The third-order valence-corrected chi connectivity index (χ3v) is 4.68. The summed E-state index contributed by atoms with van der Waals surface area (Å²) in [5.74, 6) is 1.09. The largest absolute Gasteiger partial charge is 0.492 e. The number of hydrogen-bond acceptors (Lipinski definition) is 5. The van der Waals surface area contributed by atoms with Crippen molar-refractivity contribution >= 4 is 15.7 Å². The Morgan fingerprint density at radius 3 is 2.57 bits per heavy atom. The standard InChI is InChI=1S/C14H18N2O4S/c1-16(11-14-3-2-8-19-14)21(17,18)10-9-20-13-6-4-12(15)5-7-13/h2-8H,9-11,15H2,1H3. The highest BCUT2D eigenvalue weighted by Crippen LogP contribution is 2.13. The molecule has 0 bridgehead atoms. The second kappa shape index (κ2) is 6.64. The Bertz CT molecular complexity index is 651. The van der Waals surface area contributed by atoms with Gasteiger partial charge in [-0.3, -0.25) is 0 Å². The lowest BCUT2D eigenvalue weighted by Gasteiger charge is -2.16. The van der Waals surface area contributed by atoms with Gasteiger partial charge in [-0.2, -0.15) is 4.31 Å². The lowest BCUT2D eigenvalue weighted by Crippen LogP contribution is -2.30. The van der Waals surface area contributed by atoms with E-state index in [0.29, 0.717) is 17.2 Å². The number of anilines is 1. The summed E-state index contributed by atoms with van der Waals surface area (Å²) in [4.78, 5) is 0. The molecule has 2 rings (SSSR count). The van der Waals surface area contributed by atoms with Crippen molar-refractivity contribution in [2.45, 2.75) is 6.54 Å². The Kier molecular flexibility index (Phi) is 4.87. The minimum atomic E-state index is -3.39. The van der Waals surface area contributed by atoms with Gasteiger partial charge in [-0.25, -0.2) is 8.42 Å². The fourth-order valence-electron chi connectivity index (χ4n) is 1.71. The fourth-order valence-corrected chi connectivity index (χ4v) is 2.63. The van der Waals surface area contributed by atoms with Crippen LogP contribution in [-0.4, -0.2) is 32.1 Å². The van der Waals surface area contributed by atoms with Crippen molar-refractivity contribution in [1.29, 1.82) is 0 Å². The number of sulfonamides is 1. The number of hydrogen-bond donors (Lipinski definition) is 1. The van der Waals surface area contributed by atoms with E-state index in [1.807, 2.05) is 0 Å². The Morgan fingerprint density at radius 1 is 1.24 bits per heavy atom. The van der Waals surface area contributed by atoms with Crippen molar-refractivity contribution in [3.05, 3.63) is 48.4 Å². The normalized spacial score (nSPS) is 11.7. The maximum atomic E-state index is 12.1. The smallest absolute Gasteiger partial charge is 0.217 e. The Morgan fingerprint density at radius 2 is 1.95 bits per heavy atom. The highest BCUT2D eigenvalue weighted by Gasteiger charge is 2.19. The van der Waals surface area contributed by atoms with Crippen LogP contribution in [0, 0.1) is 0 Å². The first-order valence-corrected chi connectivity index (χ1v) is 8.03. The van der Waals surface area contributed by atoms with E-state index in [9.17, 15) is 8.42 Å². The van der Waals surface area contributed by atoms with E-state index in [0.717, 1.165) is 0 Å². The molecule has 0 atom stereocenters. The van der Waals surface area contributed by atoms with Gasteiger partial charge in [0.25, 0.3) is 0 Å². The van der Waals surface area contributed by atoms with Crippen LogP contribution >= 0.6 is 0 Å². The van der Waals surface area contributed by atoms with E-state index in [2.05, 4.69) is 0 Å². The molecule has 0 amide bonds. The van der Waals surface area contributed by atoms with Gasteiger partial charge in [0, 0.05) is 12.7 Å². The second-order valence-corrected chi connectivity index (χ2v) is 6.76. The highest BCUT2D eigenvalue weighted by atomic mass is 32.2. The molecule has 0 aliphatic carbocycles. The number of ether oxygens (including phenoxy) is 1. The third kappa shape index (κ3) is 4.51. The zero-order valence-electron chi connectivity index (χ0n) is 11.7. The molecule has 1 aromatic carbocycles. The Hall–Kier alpha value is -1.99. The fraction of sp³-hybridized carbons (Fsp3) is 0.286. The molecule has 6 nitrogen and oxygen atoms in total. The van der Waals surface area contributed by atoms with Gasteiger partial charge in [-0.1, -0.05) is 0 Å². The van der Waals surface area contributed by atoms with Gasteiger partial charge in [0.15, 0.2) is 0 Å². The first kappa shape index (κ1) is 15.4. The molecule has 114 valence electrons. The van der Waals surface area contributed by atoms with Crippen LogP contribution in [0.1, 0.15) is 5.76 Å². The first-order valence-electron chi connectivity index (χ1n) is 6.42. The summed E-state index contributed by atoms with van der Waals surface area (Å²) in [5, 5.41) is 0. The van der Waals surface area contributed by atoms with Crippen molar-refractivity contribution in [2.75, 3.05) is 25.1 Å². The zero-order chi connectivity index (χ0) is 15.3. The topological polar surface area (TPSA) is 85.8 Å².